The second kappa shape index (κ2) is 7.39. The van der Waals surface area contributed by atoms with Crippen LogP contribution in [0.4, 0.5) is 0 Å². The van der Waals surface area contributed by atoms with Crippen LogP contribution >= 0.6 is 0 Å². The van der Waals surface area contributed by atoms with Crippen molar-refractivity contribution in [1.82, 2.24) is 10.3 Å². The molecule has 1 amide bonds. The molecule has 146 valence electrons. The molecule has 3 heterocycles. The maximum absolute atomic E-state index is 12.8. The lowest BCUT2D eigenvalue weighted by Gasteiger charge is -2.17. The molecule has 6 heteroatoms. The molecule has 0 saturated carbocycles. The van der Waals surface area contributed by atoms with E-state index in [9.17, 15) is 4.79 Å². The van der Waals surface area contributed by atoms with Crippen LogP contribution in [0, 0.1) is 0 Å². The fourth-order valence-corrected chi connectivity index (χ4v) is 3.78. The van der Waals surface area contributed by atoms with Crippen molar-refractivity contribution < 1.29 is 18.7 Å². The summed E-state index contributed by atoms with van der Waals surface area (Å²) in [6.07, 6.45) is 3.89. The third kappa shape index (κ3) is 3.45. The number of aromatic nitrogens is 1. The summed E-state index contributed by atoms with van der Waals surface area (Å²) in [5, 5.41) is 4.05. The minimum atomic E-state index is -0.128. The molecule has 1 aliphatic heterocycles. The zero-order chi connectivity index (χ0) is 19.6. The van der Waals surface area contributed by atoms with Gasteiger partial charge in [-0.15, -0.1) is 0 Å². The standard InChI is InChI=1S/C23H20N2O4/c26-23(25-12-16-4-3-9-27-16)11-18(15-7-8-21-22(10-15)29-14-28-21)19-13-24-20-6-2-1-5-17(19)20/h1-10,13,18,24H,11-12,14H2,(H,25,26)/t18-/m0/s1. The molecule has 1 atom stereocenters. The molecular formula is C23H20N2O4. The summed E-state index contributed by atoms with van der Waals surface area (Å²) in [4.78, 5) is 16.1. The van der Waals surface area contributed by atoms with Crippen LogP contribution in [0.5, 0.6) is 11.5 Å². The maximum Gasteiger partial charge on any atom is 0.231 e. The van der Waals surface area contributed by atoms with E-state index in [1.807, 2.05) is 54.7 Å². The quantitative estimate of drug-likeness (QED) is 0.516. The molecule has 0 aliphatic carbocycles. The normalized spacial score (nSPS) is 13.5. The second-order valence-electron chi connectivity index (χ2n) is 7.02. The van der Waals surface area contributed by atoms with Gasteiger partial charge in [-0.3, -0.25) is 4.79 Å². The van der Waals surface area contributed by atoms with Gasteiger partial charge in [-0.1, -0.05) is 24.3 Å². The van der Waals surface area contributed by atoms with Gasteiger partial charge >= 0.3 is 0 Å². The monoisotopic (exact) mass is 388 g/mol. The Morgan fingerprint density at radius 1 is 1.07 bits per heavy atom. The molecule has 5 rings (SSSR count). The number of para-hydroxylation sites is 1. The summed E-state index contributed by atoms with van der Waals surface area (Å²) >= 11 is 0. The van der Waals surface area contributed by atoms with Gasteiger partial charge in [0.2, 0.25) is 12.7 Å². The molecule has 2 N–H and O–H groups in total. The van der Waals surface area contributed by atoms with Crippen molar-refractivity contribution >= 4 is 16.8 Å². The average molecular weight is 388 g/mol. The van der Waals surface area contributed by atoms with Crippen LogP contribution < -0.4 is 14.8 Å². The number of amides is 1. The molecule has 0 unspecified atom stereocenters. The summed E-state index contributed by atoms with van der Waals surface area (Å²) in [6, 6.07) is 17.6. The van der Waals surface area contributed by atoms with Crippen LogP contribution in [-0.4, -0.2) is 17.7 Å². The van der Waals surface area contributed by atoms with Crippen LogP contribution in [0.3, 0.4) is 0 Å². The third-order valence-electron chi connectivity index (χ3n) is 5.23. The predicted molar refractivity (Wildman–Crippen MR) is 108 cm³/mol. The van der Waals surface area contributed by atoms with E-state index >= 15 is 0 Å². The zero-order valence-electron chi connectivity index (χ0n) is 15.7. The Morgan fingerprint density at radius 2 is 1.97 bits per heavy atom. The van der Waals surface area contributed by atoms with Crippen molar-refractivity contribution in [2.24, 2.45) is 0 Å². The molecule has 0 saturated heterocycles. The first-order valence-electron chi connectivity index (χ1n) is 9.52. The molecule has 2 aromatic carbocycles. The highest BCUT2D eigenvalue weighted by Crippen LogP contribution is 2.39. The highest BCUT2D eigenvalue weighted by Gasteiger charge is 2.24. The van der Waals surface area contributed by atoms with E-state index in [0.29, 0.717) is 18.7 Å². The molecule has 0 spiro atoms. The lowest BCUT2D eigenvalue weighted by atomic mass is 9.87. The SMILES string of the molecule is O=C(C[C@@H](c1ccc2c(c1)OCO2)c1c[nH]c2ccccc12)NCc1ccco1. The van der Waals surface area contributed by atoms with Gasteiger partial charge < -0.3 is 24.2 Å². The van der Waals surface area contributed by atoms with Gasteiger partial charge in [0.05, 0.1) is 12.8 Å². The van der Waals surface area contributed by atoms with Crippen molar-refractivity contribution in [2.45, 2.75) is 18.9 Å². The van der Waals surface area contributed by atoms with Crippen molar-refractivity contribution in [3.05, 3.63) is 83.9 Å². The number of carbonyl (C=O) groups excluding carboxylic acids is 1. The Kier molecular flexibility index (Phi) is 4.44. The number of rotatable bonds is 6. The summed E-state index contributed by atoms with van der Waals surface area (Å²) < 4.78 is 16.3. The molecule has 29 heavy (non-hydrogen) atoms. The van der Waals surface area contributed by atoms with Crippen molar-refractivity contribution in [2.75, 3.05) is 6.79 Å². The lowest BCUT2D eigenvalue weighted by molar-refractivity contribution is -0.121. The number of benzene rings is 2. The van der Waals surface area contributed by atoms with Crippen molar-refractivity contribution in [1.29, 1.82) is 0 Å². The number of aromatic amines is 1. The van der Waals surface area contributed by atoms with E-state index in [-0.39, 0.29) is 18.6 Å². The van der Waals surface area contributed by atoms with E-state index in [1.54, 1.807) is 6.26 Å². The zero-order valence-corrected chi connectivity index (χ0v) is 15.7. The predicted octanol–water partition coefficient (Wildman–Crippen LogP) is 4.33. The Bertz CT molecular complexity index is 1150. The topological polar surface area (TPSA) is 76.5 Å². The number of furan rings is 1. The molecule has 0 bridgehead atoms. The van der Waals surface area contributed by atoms with Gasteiger partial charge in [0, 0.05) is 29.4 Å². The van der Waals surface area contributed by atoms with E-state index in [1.165, 1.54) is 0 Å². The smallest absolute Gasteiger partial charge is 0.231 e. The largest absolute Gasteiger partial charge is 0.467 e. The number of hydrogen-bond donors (Lipinski definition) is 2. The van der Waals surface area contributed by atoms with Gasteiger partial charge in [-0.05, 0) is 41.5 Å². The van der Waals surface area contributed by atoms with E-state index in [2.05, 4.69) is 16.4 Å². The first-order chi connectivity index (χ1) is 14.3. The maximum atomic E-state index is 12.8. The highest BCUT2D eigenvalue weighted by atomic mass is 16.7. The molecule has 6 nitrogen and oxygen atoms in total. The van der Waals surface area contributed by atoms with Gasteiger partial charge in [0.1, 0.15) is 5.76 Å². The fourth-order valence-electron chi connectivity index (χ4n) is 3.78. The Labute approximate surface area is 167 Å². The van der Waals surface area contributed by atoms with Crippen LogP contribution in [0.2, 0.25) is 0 Å². The minimum Gasteiger partial charge on any atom is -0.467 e. The molecule has 1 aliphatic rings. The lowest BCUT2D eigenvalue weighted by Crippen LogP contribution is -2.24. The van der Waals surface area contributed by atoms with Crippen molar-refractivity contribution in [3.8, 4) is 11.5 Å². The number of fused-ring (bicyclic) bond motifs is 2. The minimum absolute atomic E-state index is 0.0469. The van der Waals surface area contributed by atoms with Gasteiger partial charge in [0.15, 0.2) is 11.5 Å². The van der Waals surface area contributed by atoms with Crippen LogP contribution in [-0.2, 0) is 11.3 Å². The molecule has 2 aromatic heterocycles. The van der Waals surface area contributed by atoms with E-state index < -0.39 is 0 Å². The molecule has 0 radical (unpaired) electrons. The van der Waals surface area contributed by atoms with Gasteiger partial charge in [-0.2, -0.15) is 0 Å². The first-order valence-corrected chi connectivity index (χ1v) is 9.52. The fraction of sp³-hybridized carbons (Fsp3) is 0.174. The highest BCUT2D eigenvalue weighted by molar-refractivity contribution is 5.86. The van der Waals surface area contributed by atoms with Gasteiger partial charge in [-0.25, -0.2) is 0 Å². The summed E-state index contributed by atoms with van der Waals surface area (Å²) in [7, 11) is 0. The number of nitrogens with one attached hydrogen (secondary N) is 2. The number of carbonyl (C=O) groups is 1. The summed E-state index contributed by atoms with van der Waals surface area (Å²) in [5.74, 6) is 1.99. The average Bonchev–Trinajstić information content (AvgIpc) is 3.50. The van der Waals surface area contributed by atoms with Gasteiger partial charge in [0.25, 0.3) is 0 Å². The Balaban J connectivity index is 1.46. The van der Waals surface area contributed by atoms with Crippen LogP contribution in [0.25, 0.3) is 10.9 Å². The van der Waals surface area contributed by atoms with E-state index in [0.717, 1.165) is 33.5 Å². The molecular weight excluding hydrogens is 368 g/mol. The third-order valence-corrected chi connectivity index (χ3v) is 5.23. The summed E-state index contributed by atoms with van der Waals surface area (Å²) in [6.45, 7) is 0.591. The second-order valence-corrected chi connectivity index (χ2v) is 7.02. The number of hydrogen-bond acceptors (Lipinski definition) is 4. The Morgan fingerprint density at radius 3 is 2.86 bits per heavy atom. The Hall–Kier alpha value is -3.67. The first kappa shape index (κ1) is 17.4. The molecule has 4 aromatic rings. The number of ether oxygens (including phenoxy) is 2. The number of H-pyrrole nitrogens is 1. The summed E-state index contributed by atoms with van der Waals surface area (Å²) in [5.41, 5.74) is 3.13. The van der Waals surface area contributed by atoms with E-state index in [4.69, 9.17) is 13.9 Å². The van der Waals surface area contributed by atoms with Crippen molar-refractivity contribution in [3.63, 3.8) is 0 Å². The van der Waals surface area contributed by atoms with Crippen LogP contribution in [0.15, 0.2) is 71.5 Å². The molecule has 0 fully saturated rings. The van der Waals surface area contributed by atoms with Crippen LogP contribution in [0.1, 0.15) is 29.2 Å².